The molecule has 0 atom stereocenters. The van der Waals surface area contributed by atoms with Gasteiger partial charge in [-0.05, 0) is 12.8 Å². The van der Waals surface area contributed by atoms with Crippen LogP contribution in [0.15, 0.2) is 5.57 Å². The molecule has 72 valence electrons. The fourth-order valence-corrected chi connectivity index (χ4v) is 1.05. The maximum atomic E-state index is 10.4. The van der Waals surface area contributed by atoms with Crippen LogP contribution >= 0.6 is 0 Å². The highest BCUT2D eigenvalue weighted by Crippen LogP contribution is 2.09. The second-order valence-electron chi connectivity index (χ2n) is 2.88. The highest BCUT2D eigenvalue weighted by molar-refractivity contribution is 5.52. The molecule has 0 rings (SSSR count). The van der Waals surface area contributed by atoms with Crippen molar-refractivity contribution < 1.29 is 9.53 Å². The summed E-state index contributed by atoms with van der Waals surface area (Å²) in [7, 11) is 0. The first-order valence-corrected chi connectivity index (χ1v) is 4.65. The maximum Gasteiger partial charge on any atom is 0.123 e. The van der Waals surface area contributed by atoms with Crippen molar-refractivity contribution in [1.82, 2.24) is 0 Å². The summed E-state index contributed by atoms with van der Waals surface area (Å²) in [5.74, 6) is 1.94. The van der Waals surface area contributed by atoms with E-state index in [1.54, 1.807) is 0 Å². The van der Waals surface area contributed by atoms with Gasteiger partial charge in [0.05, 0.1) is 0 Å². The Morgan fingerprint density at radius 3 is 2.69 bits per heavy atom. The van der Waals surface area contributed by atoms with Gasteiger partial charge in [0, 0.05) is 12.0 Å². The summed E-state index contributed by atoms with van der Waals surface area (Å²) in [5, 5.41) is 0. The first kappa shape index (κ1) is 11.8. The quantitative estimate of drug-likeness (QED) is 0.341. The minimum atomic E-state index is 0.424. The van der Waals surface area contributed by atoms with Gasteiger partial charge in [0.2, 0.25) is 0 Å². The average molecular weight is 180 g/mol. The van der Waals surface area contributed by atoms with E-state index in [4.69, 9.17) is 11.2 Å². The number of ether oxygens (including phenoxy) is 1. The zero-order valence-corrected chi connectivity index (χ0v) is 8.14. The van der Waals surface area contributed by atoms with Crippen LogP contribution in [-0.2, 0) is 9.53 Å². The van der Waals surface area contributed by atoms with Crippen LogP contribution in [0, 0.1) is 12.5 Å². The van der Waals surface area contributed by atoms with Crippen molar-refractivity contribution >= 4 is 5.94 Å². The topological polar surface area (TPSA) is 26.3 Å². The van der Waals surface area contributed by atoms with E-state index in [-0.39, 0.29) is 0 Å². The van der Waals surface area contributed by atoms with E-state index in [2.05, 4.69) is 13.0 Å². The third-order valence-corrected chi connectivity index (χ3v) is 1.82. The summed E-state index contributed by atoms with van der Waals surface area (Å²) < 4.78 is 4.70. The minimum Gasteiger partial charge on any atom is -0.446 e. The predicted molar refractivity (Wildman–Crippen MR) is 52.8 cm³/mol. The Bertz CT molecular complexity index is 207. The smallest absolute Gasteiger partial charge is 0.123 e. The van der Waals surface area contributed by atoms with Gasteiger partial charge in [-0.25, -0.2) is 4.79 Å². The van der Waals surface area contributed by atoms with Gasteiger partial charge >= 0.3 is 0 Å². The molecule has 0 bridgehead atoms. The highest BCUT2D eigenvalue weighted by Gasteiger charge is 1.98. The molecule has 0 N–H and O–H groups in total. The van der Waals surface area contributed by atoms with Crippen molar-refractivity contribution in [3.05, 3.63) is 5.57 Å². The molecule has 0 aliphatic carbocycles. The molecule has 0 aromatic carbocycles. The number of hydrogen-bond donors (Lipinski definition) is 0. The molecule has 2 heteroatoms. The molecule has 0 aliphatic rings. The average Bonchev–Trinajstić information content (AvgIpc) is 2.16. The molecule has 0 saturated carbocycles. The Kier molecular flexibility index (Phi) is 8.09. The molecular weight excluding hydrogens is 164 g/mol. The molecule has 2 nitrogen and oxygen atoms in total. The van der Waals surface area contributed by atoms with Gasteiger partial charge in [0.1, 0.15) is 18.7 Å². The number of hydrogen-bond acceptors (Lipinski definition) is 2. The normalized spacial score (nSPS) is 8.62. The van der Waals surface area contributed by atoms with Gasteiger partial charge in [-0.15, -0.1) is 0 Å². The summed E-state index contributed by atoms with van der Waals surface area (Å²) in [4.78, 5) is 10.4. The number of carbonyl (C=O) groups excluding carboxylic acids is 1. The van der Waals surface area contributed by atoms with Crippen LogP contribution < -0.4 is 0 Å². The van der Waals surface area contributed by atoms with Gasteiger partial charge < -0.3 is 4.74 Å². The number of rotatable bonds is 7. The SMILES string of the molecule is C#COCCC(=C=O)CCCCC. The van der Waals surface area contributed by atoms with Crippen LogP contribution in [0.1, 0.15) is 39.0 Å². The van der Waals surface area contributed by atoms with E-state index in [1.807, 2.05) is 5.94 Å². The van der Waals surface area contributed by atoms with Crippen molar-refractivity contribution in [3.63, 3.8) is 0 Å². The Morgan fingerprint density at radius 2 is 2.15 bits per heavy atom. The van der Waals surface area contributed by atoms with Gasteiger partial charge in [-0.1, -0.05) is 26.2 Å². The Balaban J connectivity index is 3.54. The Labute approximate surface area is 80.0 Å². The predicted octanol–water partition coefficient (Wildman–Crippen LogP) is 2.32. The van der Waals surface area contributed by atoms with Crippen LogP contribution in [-0.4, -0.2) is 12.5 Å². The molecule has 0 saturated heterocycles. The lowest BCUT2D eigenvalue weighted by molar-refractivity contribution is 0.281. The highest BCUT2D eigenvalue weighted by atomic mass is 16.5. The van der Waals surface area contributed by atoms with Crippen molar-refractivity contribution in [3.8, 4) is 12.5 Å². The third-order valence-electron chi connectivity index (χ3n) is 1.82. The van der Waals surface area contributed by atoms with Crippen LogP contribution in [0.4, 0.5) is 0 Å². The van der Waals surface area contributed by atoms with E-state index in [1.165, 1.54) is 0 Å². The summed E-state index contributed by atoms with van der Waals surface area (Å²) in [6.45, 7) is 2.55. The van der Waals surface area contributed by atoms with Gasteiger partial charge in [-0.2, -0.15) is 0 Å². The fourth-order valence-electron chi connectivity index (χ4n) is 1.05. The van der Waals surface area contributed by atoms with Crippen LogP contribution in [0.25, 0.3) is 0 Å². The summed E-state index contributed by atoms with van der Waals surface area (Å²) >= 11 is 0. The molecule has 0 amide bonds. The van der Waals surface area contributed by atoms with Gasteiger partial charge in [0.25, 0.3) is 0 Å². The lowest BCUT2D eigenvalue weighted by Gasteiger charge is -2.01. The second-order valence-corrected chi connectivity index (χ2v) is 2.88. The molecule has 0 radical (unpaired) electrons. The first-order valence-electron chi connectivity index (χ1n) is 4.65. The van der Waals surface area contributed by atoms with Crippen LogP contribution in [0.5, 0.6) is 0 Å². The van der Waals surface area contributed by atoms with Crippen molar-refractivity contribution in [2.45, 2.75) is 39.0 Å². The molecule has 0 fully saturated rings. The molecule has 0 aliphatic heterocycles. The number of terminal acetylenes is 1. The maximum absolute atomic E-state index is 10.4. The molecule has 0 aromatic heterocycles. The zero-order chi connectivity index (χ0) is 9.94. The van der Waals surface area contributed by atoms with E-state index in [0.29, 0.717) is 13.0 Å². The first-order chi connectivity index (χ1) is 6.35. The van der Waals surface area contributed by atoms with E-state index >= 15 is 0 Å². The Morgan fingerprint density at radius 1 is 1.38 bits per heavy atom. The molecule has 0 heterocycles. The molecule has 13 heavy (non-hydrogen) atoms. The second kappa shape index (κ2) is 8.90. The number of unbranched alkanes of at least 4 members (excludes halogenated alkanes) is 2. The zero-order valence-electron chi connectivity index (χ0n) is 8.14. The third kappa shape index (κ3) is 7.18. The van der Waals surface area contributed by atoms with Crippen molar-refractivity contribution in [2.24, 2.45) is 0 Å². The summed E-state index contributed by atoms with van der Waals surface area (Å²) in [6.07, 6.45) is 11.8. The van der Waals surface area contributed by atoms with Gasteiger partial charge in [0.15, 0.2) is 0 Å². The molecule has 0 spiro atoms. The van der Waals surface area contributed by atoms with Crippen molar-refractivity contribution in [1.29, 1.82) is 0 Å². The Hall–Kier alpha value is -1.19. The van der Waals surface area contributed by atoms with Crippen molar-refractivity contribution in [2.75, 3.05) is 6.61 Å². The molecule has 0 aromatic rings. The van der Waals surface area contributed by atoms with E-state index in [9.17, 15) is 4.79 Å². The van der Waals surface area contributed by atoms with Gasteiger partial charge in [-0.3, -0.25) is 0 Å². The molecule has 0 unspecified atom stereocenters. The lowest BCUT2D eigenvalue weighted by Crippen LogP contribution is -1.93. The lowest BCUT2D eigenvalue weighted by atomic mass is 10.1. The summed E-state index contributed by atoms with van der Waals surface area (Å²) in [5.41, 5.74) is 0.781. The standard InChI is InChI=1S/C11H16O2/c1-3-5-6-7-11(10-12)8-9-13-4-2/h2H,3,5-9H2,1H3. The van der Waals surface area contributed by atoms with E-state index in [0.717, 1.165) is 31.3 Å². The van der Waals surface area contributed by atoms with Crippen LogP contribution in [0.2, 0.25) is 0 Å². The van der Waals surface area contributed by atoms with E-state index < -0.39 is 0 Å². The molecular formula is C11H16O2. The van der Waals surface area contributed by atoms with Crippen LogP contribution in [0.3, 0.4) is 0 Å². The monoisotopic (exact) mass is 180 g/mol. The largest absolute Gasteiger partial charge is 0.446 e. The summed E-state index contributed by atoms with van der Waals surface area (Å²) in [6, 6.07) is 0. The fraction of sp³-hybridized carbons (Fsp3) is 0.636. The minimum absolute atomic E-state index is 0.424.